The van der Waals surface area contributed by atoms with Crippen molar-refractivity contribution in [1.29, 1.82) is 0 Å². The van der Waals surface area contributed by atoms with E-state index in [1.165, 1.54) is 0 Å². The zero-order valence-electron chi connectivity index (χ0n) is 15.1. The molecule has 0 bridgehead atoms. The van der Waals surface area contributed by atoms with Crippen LogP contribution in [-0.4, -0.2) is 43.6 Å². The van der Waals surface area contributed by atoms with Crippen molar-refractivity contribution in [2.45, 2.75) is 55.6 Å². The molecule has 6 heteroatoms. The second kappa shape index (κ2) is 6.72. The normalized spacial score (nSPS) is 23.2. The molecule has 3 rings (SSSR count). The predicted molar refractivity (Wildman–Crippen MR) is 98.0 cm³/mol. The van der Waals surface area contributed by atoms with Crippen LogP contribution in [-0.2, 0) is 14.6 Å². The summed E-state index contributed by atoms with van der Waals surface area (Å²) < 4.78 is 25.9. The summed E-state index contributed by atoms with van der Waals surface area (Å²) in [5.41, 5.74) is 7.35. The molecule has 1 aliphatic heterocycles. The van der Waals surface area contributed by atoms with Gasteiger partial charge in [0.05, 0.1) is 4.90 Å². The van der Waals surface area contributed by atoms with E-state index in [1.54, 1.807) is 17.9 Å². The molecule has 1 aliphatic carbocycles. The van der Waals surface area contributed by atoms with Crippen LogP contribution in [0.15, 0.2) is 23.1 Å². The Bertz CT molecular complexity index is 767. The van der Waals surface area contributed by atoms with Gasteiger partial charge in [-0.25, -0.2) is 8.42 Å². The second-order valence-electron chi connectivity index (χ2n) is 7.62. The minimum Gasteiger partial charge on any atom is -0.341 e. The van der Waals surface area contributed by atoms with Crippen LogP contribution in [0.5, 0.6) is 0 Å². The fourth-order valence-corrected chi connectivity index (χ4v) is 6.69. The van der Waals surface area contributed by atoms with E-state index in [2.05, 4.69) is 0 Å². The summed E-state index contributed by atoms with van der Waals surface area (Å²) >= 11 is 0. The third-order valence-corrected chi connectivity index (χ3v) is 8.49. The third-order valence-electron chi connectivity index (χ3n) is 5.85. The fourth-order valence-electron chi connectivity index (χ4n) is 4.25. The van der Waals surface area contributed by atoms with E-state index < -0.39 is 14.6 Å². The molecule has 5 nitrogen and oxygen atoms in total. The van der Waals surface area contributed by atoms with Gasteiger partial charge in [-0.1, -0.05) is 25.0 Å². The summed E-state index contributed by atoms with van der Waals surface area (Å²) in [7, 11) is -3.74. The van der Waals surface area contributed by atoms with E-state index in [9.17, 15) is 13.2 Å². The first-order valence-corrected chi connectivity index (χ1v) is 10.6. The van der Waals surface area contributed by atoms with Gasteiger partial charge in [-0.2, -0.15) is 0 Å². The number of sulfone groups is 1. The quantitative estimate of drug-likeness (QED) is 0.888. The summed E-state index contributed by atoms with van der Waals surface area (Å²) in [4.78, 5) is 15.4. The van der Waals surface area contributed by atoms with E-state index in [0.29, 0.717) is 42.9 Å². The van der Waals surface area contributed by atoms with Gasteiger partial charge in [-0.15, -0.1) is 0 Å². The Kier molecular flexibility index (Phi) is 4.95. The van der Waals surface area contributed by atoms with Gasteiger partial charge in [0.1, 0.15) is 0 Å². The largest absolute Gasteiger partial charge is 0.341 e. The molecule has 1 amide bonds. The summed E-state index contributed by atoms with van der Waals surface area (Å²) in [6.45, 7) is 5.43. The molecule has 2 aliphatic rings. The summed E-state index contributed by atoms with van der Waals surface area (Å²) in [6.07, 6.45) is 3.27. The molecule has 2 N–H and O–H groups in total. The number of carbonyl (C=O) groups is 1. The Labute approximate surface area is 150 Å². The number of rotatable bonds is 4. The van der Waals surface area contributed by atoms with Gasteiger partial charge >= 0.3 is 0 Å². The predicted octanol–water partition coefficient (Wildman–Crippen LogP) is 2.20. The number of aryl methyl sites for hydroxylation is 2. The zero-order valence-corrected chi connectivity index (χ0v) is 15.9. The smallest absolute Gasteiger partial charge is 0.244 e. The SMILES string of the molecule is Cc1ccc(C)c(S(=O)(=O)C2(C(=O)N3CC[C@@H](CN)C3)CCCC2)c1. The van der Waals surface area contributed by atoms with Crippen molar-refractivity contribution in [3.8, 4) is 0 Å². The maximum Gasteiger partial charge on any atom is 0.244 e. The van der Waals surface area contributed by atoms with Crippen molar-refractivity contribution in [3.63, 3.8) is 0 Å². The molecular formula is C19H28N2O3S. The Morgan fingerprint density at radius 3 is 2.56 bits per heavy atom. The van der Waals surface area contributed by atoms with E-state index in [-0.39, 0.29) is 11.8 Å². The fraction of sp³-hybridized carbons (Fsp3) is 0.632. The highest BCUT2D eigenvalue weighted by Crippen LogP contribution is 2.43. The lowest BCUT2D eigenvalue weighted by molar-refractivity contribution is -0.133. The van der Waals surface area contributed by atoms with Crippen molar-refractivity contribution < 1.29 is 13.2 Å². The molecule has 0 spiro atoms. The molecule has 0 radical (unpaired) electrons. The number of amides is 1. The molecule has 1 atom stereocenters. The van der Waals surface area contributed by atoms with Crippen molar-refractivity contribution in [3.05, 3.63) is 29.3 Å². The van der Waals surface area contributed by atoms with Crippen molar-refractivity contribution in [1.82, 2.24) is 4.90 Å². The Hall–Kier alpha value is -1.40. The first kappa shape index (κ1) is 18.4. The van der Waals surface area contributed by atoms with Gasteiger partial charge in [-0.3, -0.25) is 4.79 Å². The number of likely N-dealkylation sites (tertiary alicyclic amines) is 1. The van der Waals surface area contributed by atoms with Crippen LogP contribution in [0, 0.1) is 19.8 Å². The summed E-state index contributed by atoms with van der Waals surface area (Å²) in [6, 6.07) is 5.45. The van der Waals surface area contributed by atoms with E-state index in [1.807, 2.05) is 19.1 Å². The molecular weight excluding hydrogens is 336 g/mol. The highest BCUT2D eigenvalue weighted by atomic mass is 32.2. The lowest BCUT2D eigenvalue weighted by Crippen LogP contribution is -2.52. The van der Waals surface area contributed by atoms with Crippen LogP contribution in [0.1, 0.15) is 43.2 Å². The minimum absolute atomic E-state index is 0.207. The molecule has 25 heavy (non-hydrogen) atoms. The highest BCUT2D eigenvalue weighted by Gasteiger charge is 2.55. The van der Waals surface area contributed by atoms with Crippen LogP contribution < -0.4 is 5.73 Å². The molecule has 1 aromatic carbocycles. The van der Waals surface area contributed by atoms with Crippen LogP contribution in [0.4, 0.5) is 0 Å². The van der Waals surface area contributed by atoms with E-state index in [0.717, 1.165) is 24.8 Å². The number of hydrogen-bond donors (Lipinski definition) is 1. The lowest BCUT2D eigenvalue weighted by atomic mass is 10.1. The first-order valence-electron chi connectivity index (χ1n) is 9.13. The average Bonchev–Trinajstić information content (AvgIpc) is 3.26. The number of carbonyl (C=O) groups excluding carboxylic acids is 1. The van der Waals surface area contributed by atoms with Gasteiger partial charge in [-0.05, 0) is 62.8 Å². The van der Waals surface area contributed by atoms with Gasteiger partial charge in [0.2, 0.25) is 5.91 Å². The second-order valence-corrected chi connectivity index (χ2v) is 9.84. The van der Waals surface area contributed by atoms with Gasteiger partial charge < -0.3 is 10.6 Å². The number of hydrogen-bond acceptors (Lipinski definition) is 4. The topological polar surface area (TPSA) is 80.5 Å². The van der Waals surface area contributed by atoms with Gasteiger partial charge in [0.15, 0.2) is 14.6 Å². The highest BCUT2D eigenvalue weighted by molar-refractivity contribution is 7.93. The van der Waals surface area contributed by atoms with Crippen LogP contribution in [0.3, 0.4) is 0 Å². The molecule has 138 valence electrons. The van der Waals surface area contributed by atoms with Crippen LogP contribution in [0.25, 0.3) is 0 Å². The van der Waals surface area contributed by atoms with Crippen molar-refractivity contribution >= 4 is 15.7 Å². The Morgan fingerprint density at radius 1 is 1.28 bits per heavy atom. The molecule has 2 fully saturated rings. The number of nitrogens with zero attached hydrogens (tertiary/aromatic N) is 1. The maximum absolute atomic E-state index is 13.6. The van der Waals surface area contributed by atoms with Gasteiger partial charge in [0.25, 0.3) is 0 Å². The van der Waals surface area contributed by atoms with E-state index >= 15 is 0 Å². The monoisotopic (exact) mass is 364 g/mol. The van der Waals surface area contributed by atoms with Crippen LogP contribution >= 0.6 is 0 Å². The summed E-state index contributed by atoms with van der Waals surface area (Å²) in [5, 5.41) is 0. The van der Waals surface area contributed by atoms with Crippen LogP contribution in [0.2, 0.25) is 0 Å². The molecule has 1 saturated carbocycles. The van der Waals surface area contributed by atoms with Crippen molar-refractivity contribution in [2.24, 2.45) is 11.7 Å². The minimum atomic E-state index is -3.74. The number of benzene rings is 1. The molecule has 1 aromatic rings. The third kappa shape index (κ3) is 2.99. The van der Waals surface area contributed by atoms with Gasteiger partial charge in [0, 0.05) is 13.1 Å². The average molecular weight is 365 g/mol. The first-order chi connectivity index (χ1) is 11.8. The zero-order chi connectivity index (χ0) is 18.2. The number of nitrogens with two attached hydrogens (primary N) is 1. The Balaban J connectivity index is 2.03. The van der Waals surface area contributed by atoms with E-state index in [4.69, 9.17) is 5.73 Å². The molecule has 0 unspecified atom stereocenters. The molecule has 0 aromatic heterocycles. The molecule has 1 heterocycles. The lowest BCUT2D eigenvalue weighted by Gasteiger charge is -2.32. The van der Waals surface area contributed by atoms with Crippen molar-refractivity contribution in [2.75, 3.05) is 19.6 Å². The molecule has 1 saturated heterocycles. The maximum atomic E-state index is 13.6. The Morgan fingerprint density at radius 2 is 1.96 bits per heavy atom. The standard InChI is InChI=1S/C19H28N2O3S/c1-14-5-6-15(2)17(11-14)25(23,24)19(8-3-4-9-19)18(22)21-10-7-16(12-20)13-21/h5-6,11,16H,3-4,7-10,12-13,20H2,1-2H3/t16-/m0/s1. The summed E-state index contributed by atoms with van der Waals surface area (Å²) in [5.74, 6) is 0.0765.